The SMILES string of the molecule is CCc1c(C(F)(F)F)cc2nc(N)sc2c1C(C)C. The molecule has 0 aliphatic carbocycles. The van der Waals surface area contributed by atoms with Crippen molar-refractivity contribution in [3.8, 4) is 0 Å². The van der Waals surface area contributed by atoms with Crippen molar-refractivity contribution in [1.29, 1.82) is 0 Å². The third-order valence-electron chi connectivity index (χ3n) is 3.08. The first-order valence-electron chi connectivity index (χ1n) is 6.04. The number of nitrogen functional groups attached to an aromatic ring is 1. The minimum absolute atomic E-state index is 0.000370. The van der Waals surface area contributed by atoms with E-state index in [2.05, 4.69) is 4.98 Å². The van der Waals surface area contributed by atoms with Crippen LogP contribution in [-0.2, 0) is 12.6 Å². The zero-order chi connectivity index (χ0) is 14.4. The zero-order valence-electron chi connectivity index (χ0n) is 10.9. The molecule has 0 saturated heterocycles. The van der Waals surface area contributed by atoms with Gasteiger partial charge in [-0.1, -0.05) is 32.1 Å². The van der Waals surface area contributed by atoms with Gasteiger partial charge in [-0.3, -0.25) is 0 Å². The first kappa shape index (κ1) is 14.1. The topological polar surface area (TPSA) is 38.9 Å². The summed E-state index contributed by atoms with van der Waals surface area (Å²) >= 11 is 1.26. The first-order chi connectivity index (χ1) is 8.75. The highest BCUT2D eigenvalue weighted by molar-refractivity contribution is 7.22. The highest BCUT2D eigenvalue weighted by Crippen LogP contribution is 2.42. The third-order valence-corrected chi connectivity index (χ3v) is 4.02. The van der Waals surface area contributed by atoms with Gasteiger partial charge in [-0.25, -0.2) is 4.98 Å². The lowest BCUT2D eigenvalue weighted by atomic mass is 9.91. The van der Waals surface area contributed by atoms with E-state index in [-0.39, 0.29) is 5.92 Å². The van der Waals surface area contributed by atoms with Crippen LogP contribution >= 0.6 is 11.3 Å². The summed E-state index contributed by atoms with van der Waals surface area (Å²) in [6.45, 7) is 5.53. The van der Waals surface area contributed by atoms with Crippen molar-refractivity contribution in [2.75, 3.05) is 5.73 Å². The van der Waals surface area contributed by atoms with E-state index in [1.807, 2.05) is 13.8 Å². The number of thiazole rings is 1. The number of hydrogen-bond acceptors (Lipinski definition) is 3. The number of halogens is 3. The van der Waals surface area contributed by atoms with E-state index in [1.165, 1.54) is 11.3 Å². The second-order valence-electron chi connectivity index (χ2n) is 4.72. The van der Waals surface area contributed by atoms with E-state index in [4.69, 9.17) is 5.73 Å². The molecule has 0 spiro atoms. The lowest BCUT2D eigenvalue weighted by molar-refractivity contribution is -0.138. The van der Waals surface area contributed by atoms with Crippen LogP contribution in [0.4, 0.5) is 18.3 Å². The molecule has 2 nitrogen and oxygen atoms in total. The van der Waals surface area contributed by atoms with Crippen molar-refractivity contribution in [1.82, 2.24) is 4.98 Å². The van der Waals surface area contributed by atoms with Crippen LogP contribution in [0.3, 0.4) is 0 Å². The fraction of sp³-hybridized carbons (Fsp3) is 0.462. The molecule has 2 N–H and O–H groups in total. The number of fused-ring (bicyclic) bond motifs is 1. The molecule has 0 fully saturated rings. The van der Waals surface area contributed by atoms with Gasteiger partial charge in [0.15, 0.2) is 5.13 Å². The Morgan fingerprint density at radius 3 is 2.47 bits per heavy atom. The van der Waals surface area contributed by atoms with Crippen LogP contribution in [0.15, 0.2) is 6.07 Å². The van der Waals surface area contributed by atoms with Gasteiger partial charge in [0, 0.05) is 0 Å². The van der Waals surface area contributed by atoms with Crippen LogP contribution in [0, 0.1) is 0 Å². The standard InChI is InChI=1S/C13H15F3N2S/c1-4-7-8(13(14,15)16)5-9-11(10(7)6(2)3)19-12(17)18-9/h5-6H,4H2,1-3H3,(H2,17,18). The molecule has 0 aliphatic rings. The van der Waals surface area contributed by atoms with E-state index in [0.717, 1.165) is 16.3 Å². The number of anilines is 1. The van der Waals surface area contributed by atoms with Crippen molar-refractivity contribution in [3.05, 3.63) is 22.8 Å². The molecule has 1 aromatic heterocycles. The molecule has 0 unspecified atom stereocenters. The molecule has 0 bridgehead atoms. The molecular formula is C13H15F3N2S. The summed E-state index contributed by atoms with van der Waals surface area (Å²) in [7, 11) is 0. The first-order valence-corrected chi connectivity index (χ1v) is 6.86. The maximum Gasteiger partial charge on any atom is 0.416 e. The molecular weight excluding hydrogens is 273 g/mol. The van der Waals surface area contributed by atoms with Gasteiger partial charge in [-0.2, -0.15) is 13.2 Å². The van der Waals surface area contributed by atoms with Crippen molar-refractivity contribution < 1.29 is 13.2 Å². The number of hydrogen-bond donors (Lipinski definition) is 1. The molecule has 0 aliphatic heterocycles. The molecule has 6 heteroatoms. The smallest absolute Gasteiger partial charge is 0.375 e. The average Bonchev–Trinajstić information content (AvgIpc) is 2.64. The van der Waals surface area contributed by atoms with E-state index < -0.39 is 11.7 Å². The summed E-state index contributed by atoms with van der Waals surface area (Å²) in [4.78, 5) is 4.00. The second kappa shape index (κ2) is 4.67. The molecule has 1 heterocycles. The Morgan fingerprint density at radius 1 is 1.37 bits per heavy atom. The lowest BCUT2D eigenvalue weighted by Crippen LogP contribution is -2.12. The van der Waals surface area contributed by atoms with Gasteiger partial charge in [0.2, 0.25) is 0 Å². The maximum atomic E-state index is 13.2. The van der Waals surface area contributed by atoms with Crippen molar-refractivity contribution in [3.63, 3.8) is 0 Å². The summed E-state index contributed by atoms with van der Waals surface area (Å²) in [6.07, 6.45) is -4.02. The third kappa shape index (κ3) is 2.41. The quantitative estimate of drug-likeness (QED) is 0.878. The Balaban J connectivity index is 2.91. The Labute approximate surface area is 113 Å². The van der Waals surface area contributed by atoms with Gasteiger partial charge >= 0.3 is 6.18 Å². The Hall–Kier alpha value is -1.30. The molecule has 19 heavy (non-hydrogen) atoms. The zero-order valence-corrected chi connectivity index (χ0v) is 11.7. The molecule has 0 amide bonds. The molecule has 2 rings (SSSR count). The van der Waals surface area contributed by atoms with Crippen LogP contribution in [0.2, 0.25) is 0 Å². The van der Waals surface area contributed by atoms with Crippen molar-refractivity contribution in [2.45, 2.75) is 39.3 Å². The van der Waals surface area contributed by atoms with Crippen LogP contribution in [-0.4, -0.2) is 4.98 Å². The largest absolute Gasteiger partial charge is 0.416 e. The van der Waals surface area contributed by atoms with Gasteiger partial charge in [0.05, 0.1) is 15.8 Å². The molecule has 1 aromatic carbocycles. The molecule has 2 aromatic rings. The molecule has 0 atom stereocenters. The highest BCUT2D eigenvalue weighted by atomic mass is 32.1. The summed E-state index contributed by atoms with van der Waals surface area (Å²) in [6, 6.07) is 1.12. The molecule has 104 valence electrons. The van der Waals surface area contributed by atoms with Gasteiger partial charge < -0.3 is 5.73 Å². The van der Waals surface area contributed by atoms with E-state index >= 15 is 0 Å². The van der Waals surface area contributed by atoms with Crippen LogP contribution < -0.4 is 5.73 Å². The van der Waals surface area contributed by atoms with E-state index in [9.17, 15) is 13.2 Å². The van der Waals surface area contributed by atoms with E-state index in [1.54, 1.807) is 6.92 Å². The maximum absolute atomic E-state index is 13.2. The number of aromatic nitrogens is 1. The molecule has 0 saturated carbocycles. The summed E-state index contributed by atoms with van der Waals surface area (Å²) in [5.74, 6) is -0.000370. The fourth-order valence-electron chi connectivity index (χ4n) is 2.39. The fourth-order valence-corrected chi connectivity index (χ4v) is 3.42. The predicted octanol–water partition coefficient (Wildman–Crippen LogP) is 4.58. The summed E-state index contributed by atoms with van der Waals surface area (Å²) < 4.78 is 40.2. The van der Waals surface area contributed by atoms with Crippen LogP contribution in [0.1, 0.15) is 43.4 Å². The highest BCUT2D eigenvalue weighted by Gasteiger charge is 2.35. The summed E-state index contributed by atoms with van der Waals surface area (Å²) in [5.41, 5.74) is 6.48. The monoisotopic (exact) mass is 288 g/mol. The Morgan fingerprint density at radius 2 is 2.00 bits per heavy atom. The van der Waals surface area contributed by atoms with Crippen LogP contribution in [0.5, 0.6) is 0 Å². The normalized spacial score (nSPS) is 12.6. The number of nitrogens with two attached hydrogens (primary N) is 1. The van der Waals surface area contributed by atoms with Crippen LogP contribution in [0.25, 0.3) is 10.2 Å². The van der Waals surface area contributed by atoms with Gasteiger partial charge in [0.25, 0.3) is 0 Å². The number of rotatable bonds is 2. The van der Waals surface area contributed by atoms with E-state index in [0.29, 0.717) is 22.6 Å². The lowest BCUT2D eigenvalue weighted by Gasteiger charge is -2.18. The Kier molecular flexibility index (Phi) is 3.47. The minimum Gasteiger partial charge on any atom is -0.375 e. The Bertz CT molecular complexity index is 614. The number of alkyl halides is 3. The van der Waals surface area contributed by atoms with Gasteiger partial charge in [-0.05, 0) is 29.5 Å². The summed E-state index contributed by atoms with van der Waals surface area (Å²) in [5, 5.41) is 0.304. The van der Waals surface area contributed by atoms with Crippen molar-refractivity contribution >= 4 is 26.7 Å². The van der Waals surface area contributed by atoms with Gasteiger partial charge in [0.1, 0.15) is 0 Å². The predicted molar refractivity (Wildman–Crippen MR) is 72.5 cm³/mol. The molecule has 0 radical (unpaired) electrons. The van der Waals surface area contributed by atoms with Gasteiger partial charge in [-0.15, -0.1) is 0 Å². The van der Waals surface area contributed by atoms with Crippen molar-refractivity contribution in [2.24, 2.45) is 0 Å². The number of nitrogens with zero attached hydrogens (tertiary/aromatic N) is 1. The number of benzene rings is 1. The minimum atomic E-state index is -4.36. The average molecular weight is 288 g/mol. The second-order valence-corrected chi connectivity index (χ2v) is 5.75.